The van der Waals surface area contributed by atoms with Gasteiger partial charge in [0.1, 0.15) is 5.75 Å². The molecule has 0 amide bonds. The first-order valence-corrected chi connectivity index (χ1v) is 5.61. The van der Waals surface area contributed by atoms with Gasteiger partial charge in [-0.2, -0.15) is 0 Å². The minimum Gasteiger partial charge on any atom is -0.496 e. The van der Waals surface area contributed by atoms with E-state index in [2.05, 4.69) is 15.9 Å². The Bertz CT molecular complexity index is 351. The Balaban J connectivity index is 2.49. The lowest BCUT2D eigenvalue weighted by molar-refractivity contribution is 0.404. The zero-order valence-corrected chi connectivity index (χ0v) is 9.80. The first-order chi connectivity index (χ1) is 6.72. The number of benzene rings is 1. The molecule has 0 heterocycles. The first kappa shape index (κ1) is 9.99. The van der Waals surface area contributed by atoms with E-state index in [1.165, 1.54) is 11.1 Å². The SMILES string of the molecule is COc1ccc(Br)c2c1CCC(N)C2. The summed E-state index contributed by atoms with van der Waals surface area (Å²) < 4.78 is 6.50. The lowest BCUT2D eigenvalue weighted by Crippen LogP contribution is -2.28. The second kappa shape index (κ2) is 3.91. The Morgan fingerprint density at radius 2 is 2.21 bits per heavy atom. The van der Waals surface area contributed by atoms with Crippen LogP contribution in [-0.4, -0.2) is 13.2 Å². The van der Waals surface area contributed by atoms with Crippen molar-refractivity contribution in [2.45, 2.75) is 25.3 Å². The zero-order chi connectivity index (χ0) is 10.1. The summed E-state index contributed by atoms with van der Waals surface area (Å²) in [5, 5.41) is 0. The summed E-state index contributed by atoms with van der Waals surface area (Å²) in [4.78, 5) is 0. The van der Waals surface area contributed by atoms with Crippen LogP contribution in [0.2, 0.25) is 0 Å². The quantitative estimate of drug-likeness (QED) is 0.836. The van der Waals surface area contributed by atoms with Gasteiger partial charge in [0, 0.05) is 10.5 Å². The molecule has 0 saturated carbocycles. The van der Waals surface area contributed by atoms with E-state index in [-0.39, 0.29) is 0 Å². The summed E-state index contributed by atoms with van der Waals surface area (Å²) in [6, 6.07) is 4.35. The van der Waals surface area contributed by atoms with Crippen molar-refractivity contribution in [2.75, 3.05) is 7.11 Å². The average molecular weight is 256 g/mol. The second-order valence-corrected chi connectivity index (χ2v) is 4.56. The Morgan fingerprint density at radius 1 is 1.43 bits per heavy atom. The highest BCUT2D eigenvalue weighted by Gasteiger charge is 2.20. The van der Waals surface area contributed by atoms with Gasteiger partial charge in [0.15, 0.2) is 0 Å². The fourth-order valence-corrected chi connectivity index (χ4v) is 2.56. The molecule has 2 nitrogen and oxygen atoms in total. The average Bonchev–Trinajstić information content (AvgIpc) is 2.19. The molecule has 1 unspecified atom stereocenters. The van der Waals surface area contributed by atoms with Crippen LogP contribution in [0.1, 0.15) is 17.5 Å². The van der Waals surface area contributed by atoms with Gasteiger partial charge in [-0.25, -0.2) is 0 Å². The van der Waals surface area contributed by atoms with Crippen LogP contribution < -0.4 is 10.5 Å². The Labute approximate surface area is 92.6 Å². The predicted molar refractivity (Wildman–Crippen MR) is 60.7 cm³/mol. The number of nitrogens with two attached hydrogens (primary N) is 1. The third kappa shape index (κ3) is 1.66. The van der Waals surface area contributed by atoms with Crippen molar-refractivity contribution >= 4 is 15.9 Å². The molecule has 0 fully saturated rings. The van der Waals surface area contributed by atoms with Crippen molar-refractivity contribution in [1.29, 1.82) is 0 Å². The van der Waals surface area contributed by atoms with Gasteiger partial charge < -0.3 is 10.5 Å². The molecule has 1 atom stereocenters. The van der Waals surface area contributed by atoms with Crippen molar-refractivity contribution in [1.82, 2.24) is 0 Å². The number of halogens is 1. The van der Waals surface area contributed by atoms with E-state index < -0.39 is 0 Å². The normalized spacial score (nSPS) is 20.4. The lowest BCUT2D eigenvalue weighted by atomic mass is 9.88. The van der Waals surface area contributed by atoms with Gasteiger partial charge in [0.05, 0.1) is 7.11 Å². The van der Waals surface area contributed by atoms with Gasteiger partial charge in [-0.15, -0.1) is 0 Å². The molecular formula is C11H14BrNO. The van der Waals surface area contributed by atoms with Gasteiger partial charge in [-0.05, 0) is 42.5 Å². The molecule has 2 N–H and O–H groups in total. The molecule has 1 aromatic rings. The van der Waals surface area contributed by atoms with E-state index in [4.69, 9.17) is 10.5 Å². The first-order valence-electron chi connectivity index (χ1n) is 4.82. The van der Waals surface area contributed by atoms with E-state index in [0.29, 0.717) is 6.04 Å². The summed E-state index contributed by atoms with van der Waals surface area (Å²) in [6.45, 7) is 0. The van der Waals surface area contributed by atoms with Gasteiger partial charge in [-0.3, -0.25) is 0 Å². The summed E-state index contributed by atoms with van der Waals surface area (Å²) in [6.07, 6.45) is 3.03. The molecule has 0 aromatic heterocycles. The Kier molecular flexibility index (Phi) is 2.79. The zero-order valence-electron chi connectivity index (χ0n) is 8.22. The topological polar surface area (TPSA) is 35.2 Å². The smallest absolute Gasteiger partial charge is 0.122 e. The molecule has 14 heavy (non-hydrogen) atoms. The van der Waals surface area contributed by atoms with E-state index in [1.54, 1.807) is 7.11 Å². The van der Waals surface area contributed by atoms with E-state index >= 15 is 0 Å². The van der Waals surface area contributed by atoms with Crippen LogP contribution in [0.15, 0.2) is 16.6 Å². The van der Waals surface area contributed by atoms with Crippen LogP contribution >= 0.6 is 15.9 Å². The van der Waals surface area contributed by atoms with Crippen molar-refractivity contribution in [2.24, 2.45) is 5.73 Å². The molecule has 0 radical (unpaired) electrons. The number of rotatable bonds is 1. The third-order valence-corrected chi connectivity index (χ3v) is 3.53. The number of hydrogen-bond acceptors (Lipinski definition) is 2. The number of ether oxygens (including phenoxy) is 1. The maximum absolute atomic E-state index is 5.95. The van der Waals surface area contributed by atoms with Crippen molar-refractivity contribution in [3.8, 4) is 5.75 Å². The monoisotopic (exact) mass is 255 g/mol. The van der Waals surface area contributed by atoms with Crippen molar-refractivity contribution in [3.63, 3.8) is 0 Å². The standard InChI is InChI=1S/C11H14BrNO/c1-14-11-5-4-10(12)9-6-7(13)2-3-8(9)11/h4-5,7H,2-3,6,13H2,1H3. The Morgan fingerprint density at radius 3 is 2.93 bits per heavy atom. The van der Waals surface area contributed by atoms with Gasteiger partial charge >= 0.3 is 0 Å². The molecule has 3 heteroatoms. The molecule has 0 bridgehead atoms. The van der Waals surface area contributed by atoms with Gasteiger partial charge in [-0.1, -0.05) is 15.9 Å². The van der Waals surface area contributed by atoms with Crippen LogP contribution in [-0.2, 0) is 12.8 Å². The minimum atomic E-state index is 0.297. The molecule has 2 rings (SSSR count). The maximum atomic E-state index is 5.95. The molecule has 0 saturated heterocycles. The van der Waals surface area contributed by atoms with E-state index in [1.807, 2.05) is 12.1 Å². The molecule has 0 aliphatic heterocycles. The third-order valence-electron chi connectivity index (χ3n) is 2.78. The van der Waals surface area contributed by atoms with E-state index in [9.17, 15) is 0 Å². The fourth-order valence-electron chi connectivity index (χ4n) is 2.02. The van der Waals surface area contributed by atoms with Gasteiger partial charge in [0.25, 0.3) is 0 Å². The maximum Gasteiger partial charge on any atom is 0.122 e. The molecular weight excluding hydrogens is 242 g/mol. The summed E-state index contributed by atoms with van der Waals surface area (Å²) in [5.41, 5.74) is 8.59. The molecule has 1 aromatic carbocycles. The highest BCUT2D eigenvalue weighted by Crippen LogP contribution is 2.34. The van der Waals surface area contributed by atoms with Crippen LogP contribution in [0.4, 0.5) is 0 Å². The summed E-state index contributed by atoms with van der Waals surface area (Å²) in [5.74, 6) is 0.995. The highest BCUT2D eigenvalue weighted by atomic mass is 79.9. The summed E-state index contributed by atoms with van der Waals surface area (Å²) >= 11 is 3.56. The largest absolute Gasteiger partial charge is 0.496 e. The second-order valence-electron chi connectivity index (χ2n) is 3.71. The van der Waals surface area contributed by atoms with Crippen LogP contribution in [0.3, 0.4) is 0 Å². The predicted octanol–water partition coefficient (Wildman–Crippen LogP) is 2.27. The highest BCUT2D eigenvalue weighted by molar-refractivity contribution is 9.10. The molecule has 1 aliphatic carbocycles. The molecule has 0 spiro atoms. The lowest BCUT2D eigenvalue weighted by Gasteiger charge is -2.24. The number of methoxy groups -OCH3 is 1. The van der Waals surface area contributed by atoms with Crippen LogP contribution in [0.25, 0.3) is 0 Å². The van der Waals surface area contributed by atoms with Crippen molar-refractivity contribution in [3.05, 3.63) is 27.7 Å². The summed E-state index contributed by atoms with van der Waals surface area (Å²) in [7, 11) is 1.72. The fraction of sp³-hybridized carbons (Fsp3) is 0.455. The minimum absolute atomic E-state index is 0.297. The van der Waals surface area contributed by atoms with Crippen LogP contribution in [0, 0.1) is 0 Å². The number of hydrogen-bond donors (Lipinski definition) is 1. The van der Waals surface area contributed by atoms with Crippen molar-refractivity contribution < 1.29 is 4.74 Å². The Hall–Kier alpha value is -0.540. The molecule has 1 aliphatic rings. The number of fused-ring (bicyclic) bond motifs is 1. The van der Waals surface area contributed by atoms with Gasteiger partial charge in [0.2, 0.25) is 0 Å². The van der Waals surface area contributed by atoms with Crippen LogP contribution in [0.5, 0.6) is 5.75 Å². The van der Waals surface area contributed by atoms with E-state index in [0.717, 1.165) is 29.5 Å². The molecule has 76 valence electrons.